The molecular formula is C8H9FO2S. The van der Waals surface area contributed by atoms with E-state index in [1.54, 1.807) is 6.92 Å². The van der Waals surface area contributed by atoms with E-state index in [9.17, 15) is 4.39 Å². The number of halogens is 1. The summed E-state index contributed by atoms with van der Waals surface area (Å²) >= 11 is 3.77. The molecule has 0 aromatic heterocycles. The van der Waals surface area contributed by atoms with Crippen LogP contribution in [0.1, 0.15) is 6.92 Å². The largest absolute Gasteiger partial charge is 0.507 e. The zero-order chi connectivity index (χ0) is 9.14. The third-order valence-electron chi connectivity index (χ3n) is 1.36. The number of phenols is 1. The highest BCUT2D eigenvalue weighted by atomic mass is 32.1. The highest BCUT2D eigenvalue weighted by molar-refractivity contribution is 7.80. The van der Waals surface area contributed by atoms with E-state index in [1.807, 2.05) is 0 Å². The van der Waals surface area contributed by atoms with Gasteiger partial charge in [-0.1, -0.05) is 0 Å². The zero-order valence-electron chi connectivity index (χ0n) is 6.54. The van der Waals surface area contributed by atoms with Crippen molar-refractivity contribution in [1.29, 1.82) is 0 Å². The summed E-state index contributed by atoms with van der Waals surface area (Å²) in [6.07, 6.45) is 0. The molecule has 0 fully saturated rings. The van der Waals surface area contributed by atoms with Gasteiger partial charge in [-0.2, -0.15) is 0 Å². The summed E-state index contributed by atoms with van der Waals surface area (Å²) in [5.41, 5.74) is 0. The molecule has 4 heteroatoms. The van der Waals surface area contributed by atoms with Gasteiger partial charge in [0.2, 0.25) is 0 Å². The van der Waals surface area contributed by atoms with E-state index in [1.165, 1.54) is 12.1 Å². The maximum absolute atomic E-state index is 13.1. The van der Waals surface area contributed by atoms with Crippen molar-refractivity contribution in [2.24, 2.45) is 0 Å². The predicted octanol–water partition coefficient (Wildman–Crippen LogP) is 2.22. The highest BCUT2D eigenvalue weighted by Crippen LogP contribution is 2.30. The van der Waals surface area contributed by atoms with Gasteiger partial charge in [0, 0.05) is 0 Å². The Bertz CT molecular complexity index is 289. The van der Waals surface area contributed by atoms with E-state index < -0.39 is 5.82 Å². The zero-order valence-corrected chi connectivity index (χ0v) is 7.44. The van der Waals surface area contributed by atoms with Crippen LogP contribution in [0.5, 0.6) is 11.5 Å². The second kappa shape index (κ2) is 3.67. The van der Waals surface area contributed by atoms with E-state index in [2.05, 4.69) is 12.6 Å². The first-order valence-electron chi connectivity index (χ1n) is 3.50. The third-order valence-corrected chi connectivity index (χ3v) is 1.78. The monoisotopic (exact) mass is 188 g/mol. The summed E-state index contributed by atoms with van der Waals surface area (Å²) in [5, 5.41) is 9.02. The van der Waals surface area contributed by atoms with Crippen LogP contribution in [0.2, 0.25) is 0 Å². The first-order valence-corrected chi connectivity index (χ1v) is 3.94. The topological polar surface area (TPSA) is 29.5 Å². The lowest BCUT2D eigenvalue weighted by atomic mass is 10.3. The lowest BCUT2D eigenvalue weighted by Crippen LogP contribution is -1.94. The lowest BCUT2D eigenvalue weighted by Gasteiger charge is -2.06. The summed E-state index contributed by atoms with van der Waals surface area (Å²) < 4.78 is 18.0. The van der Waals surface area contributed by atoms with Crippen LogP contribution in [0.3, 0.4) is 0 Å². The van der Waals surface area contributed by atoms with Crippen molar-refractivity contribution in [1.82, 2.24) is 0 Å². The minimum absolute atomic E-state index is 0.0825. The van der Waals surface area contributed by atoms with Crippen molar-refractivity contribution in [3.05, 3.63) is 17.9 Å². The molecule has 2 nitrogen and oxygen atoms in total. The van der Waals surface area contributed by atoms with Gasteiger partial charge in [0.05, 0.1) is 11.5 Å². The smallest absolute Gasteiger partial charge is 0.182 e. The standard InChI is InChI=1S/C8H9FO2S/c1-2-11-6-4-3-5(10)8(12)7(6)9/h3-4,10,12H,2H2,1H3. The Morgan fingerprint density at radius 3 is 2.83 bits per heavy atom. The van der Waals surface area contributed by atoms with E-state index >= 15 is 0 Å². The molecule has 0 heterocycles. The molecule has 0 aliphatic heterocycles. The summed E-state index contributed by atoms with van der Waals surface area (Å²) in [6, 6.07) is 2.71. The first kappa shape index (κ1) is 9.19. The Morgan fingerprint density at radius 2 is 2.25 bits per heavy atom. The molecule has 66 valence electrons. The minimum atomic E-state index is -0.625. The normalized spacial score (nSPS) is 9.92. The molecule has 0 radical (unpaired) electrons. The quantitative estimate of drug-likeness (QED) is 0.697. The molecule has 0 atom stereocenters. The van der Waals surface area contributed by atoms with Gasteiger partial charge in [-0.05, 0) is 19.1 Å². The fraction of sp³-hybridized carbons (Fsp3) is 0.250. The van der Waals surface area contributed by atoms with Gasteiger partial charge in [-0.15, -0.1) is 12.6 Å². The molecule has 1 rings (SSSR count). The average Bonchev–Trinajstić information content (AvgIpc) is 2.07. The molecule has 0 aliphatic rings. The molecule has 0 spiro atoms. The maximum atomic E-state index is 13.1. The summed E-state index contributed by atoms with van der Waals surface area (Å²) in [5.74, 6) is -0.695. The minimum Gasteiger partial charge on any atom is -0.507 e. The van der Waals surface area contributed by atoms with E-state index in [4.69, 9.17) is 9.84 Å². The van der Waals surface area contributed by atoms with E-state index in [0.717, 1.165) is 0 Å². The molecular weight excluding hydrogens is 179 g/mol. The number of ether oxygens (including phenoxy) is 1. The Kier molecular flexibility index (Phi) is 2.81. The number of hydrogen-bond donors (Lipinski definition) is 2. The van der Waals surface area contributed by atoms with Crippen molar-refractivity contribution in [3.8, 4) is 11.5 Å². The number of hydrogen-bond acceptors (Lipinski definition) is 3. The van der Waals surface area contributed by atoms with Crippen molar-refractivity contribution in [2.45, 2.75) is 11.8 Å². The third kappa shape index (κ3) is 1.64. The van der Waals surface area contributed by atoms with Gasteiger partial charge in [0.15, 0.2) is 11.6 Å². The second-order valence-corrected chi connectivity index (χ2v) is 2.63. The number of thiol groups is 1. The van der Waals surface area contributed by atoms with Crippen molar-refractivity contribution in [3.63, 3.8) is 0 Å². The van der Waals surface area contributed by atoms with E-state index in [-0.39, 0.29) is 16.4 Å². The summed E-state index contributed by atoms with van der Waals surface area (Å²) in [6.45, 7) is 2.14. The summed E-state index contributed by atoms with van der Waals surface area (Å²) in [4.78, 5) is -0.0825. The van der Waals surface area contributed by atoms with Gasteiger partial charge in [-0.3, -0.25) is 0 Å². The van der Waals surface area contributed by atoms with Crippen LogP contribution in [0.25, 0.3) is 0 Å². The molecule has 1 aromatic carbocycles. The van der Waals surface area contributed by atoms with E-state index in [0.29, 0.717) is 6.61 Å². The van der Waals surface area contributed by atoms with Crippen LogP contribution in [-0.4, -0.2) is 11.7 Å². The molecule has 0 bridgehead atoms. The molecule has 0 unspecified atom stereocenters. The molecule has 0 saturated carbocycles. The molecule has 0 saturated heterocycles. The van der Waals surface area contributed by atoms with Crippen LogP contribution in [0, 0.1) is 5.82 Å². The molecule has 0 aliphatic carbocycles. The fourth-order valence-corrected chi connectivity index (χ4v) is 0.988. The number of phenolic OH excluding ortho intramolecular Hbond substituents is 1. The van der Waals surface area contributed by atoms with Crippen LogP contribution in [0.15, 0.2) is 17.0 Å². The predicted molar refractivity (Wildman–Crippen MR) is 46.5 cm³/mol. The maximum Gasteiger partial charge on any atom is 0.182 e. The van der Waals surface area contributed by atoms with Crippen LogP contribution >= 0.6 is 12.6 Å². The van der Waals surface area contributed by atoms with Crippen molar-refractivity contribution >= 4 is 12.6 Å². The summed E-state index contributed by atoms with van der Waals surface area (Å²) in [7, 11) is 0. The number of rotatable bonds is 2. The highest BCUT2D eigenvalue weighted by Gasteiger charge is 2.09. The number of benzene rings is 1. The molecule has 1 aromatic rings. The number of aromatic hydroxyl groups is 1. The second-order valence-electron chi connectivity index (χ2n) is 2.18. The lowest BCUT2D eigenvalue weighted by molar-refractivity contribution is 0.315. The fourth-order valence-electron chi connectivity index (χ4n) is 0.803. The Labute approximate surface area is 75.4 Å². The van der Waals surface area contributed by atoms with Crippen molar-refractivity contribution in [2.75, 3.05) is 6.61 Å². The SMILES string of the molecule is CCOc1ccc(O)c(S)c1F. The van der Waals surface area contributed by atoms with Gasteiger partial charge >= 0.3 is 0 Å². The van der Waals surface area contributed by atoms with Gasteiger partial charge < -0.3 is 9.84 Å². The van der Waals surface area contributed by atoms with Crippen molar-refractivity contribution < 1.29 is 14.2 Å². The molecule has 0 amide bonds. The van der Waals surface area contributed by atoms with Gasteiger partial charge in [-0.25, -0.2) is 4.39 Å². The molecule has 1 N–H and O–H groups in total. The van der Waals surface area contributed by atoms with Gasteiger partial charge in [0.1, 0.15) is 5.75 Å². The molecule has 12 heavy (non-hydrogen) atoms. The van der Waals surface area contributed by atoms with Gasteiger partial charge in [0.25, 0.3) is 0 Å². The van der Waals surface area contributed by atoms with Crippen LogP contribution in [-0.2, 0) is 0 Å². The Balaban J connectivity index is 3.08. The first-order chi connectivity index (χ1) is 5.66. The Hall–Kier alpha value is -0.900. The average molecular weight is 188 g/mol. The van der Waals surface area contributed by atoms with Crippen LogP contribution in [0.4, 0.5) is 4.39 Å². The van der Waals surface area contributed by atoms with Crippen LogP contribution < -0.4 is 4.74 Å². The Morgan fingerprint density at radius 1 is 1.58 bits per heavy atom.